The topological polar surface area (TPSA) is 282 Å². The van der Waals surface area contributed by atoms with Crippen molar-refractivity contribution >= 4 is 82.7 Å². The predicted octanol–water partition coefficient (Wildman–Crippen LogP) is -2.04. The number of carbonyl (C=O) groups excluding carboxylic acids is 6. The van der Waals surface area contributed by atoms with E-state index in [1.807, 2.05) is 24.3 Å². The number of nitrogens with zero attached hydrogens (tertiary/aromatic N) is 1. The first kappa shape index (κ1) is 41.6. The lowest BCUT2D eigenvalue weighted by Gasteiger charge is -2.26. The summed E-state index contributed by atoms with van der Waals surface area (Å²) < 4.78 is 0. The van der Waals surface area contributed by atoms with Crippen LogP contribution in [0.4, 0.5) is 0 Å². The van der Waals surface area contributed by atoms with Crippen molar-refractivity contribution in [2.24, 2.45) is 5.73 Å². The second kappa shape index (κ2) is 20.3. The van der Waals surface area contributed by atoms with E-state index in [1.165, 1.54) is 16.7 Å². The number of carbonyl (C=O) groups is 8. The first-order chi connectivity index (χ1) is 24.7. The summed E-state index contributed by atoms with van der Waals surface area (Å²) in [5, 5.41) is 31.6. The van der Waals surface area contributed by atoms with Gasteiger partial charge in [-0.2, -0.15) is 24.4 Å². The van der Waals surface area contributed by atoms with E-state index in [1.54, 1.807) is 12.5 Å². The van der Waals surface area contributed by atoms with Crippen molar-refractivity contribution in [3.63, 3.8) is 0 Å². The highest BCUT2D eigenvalue weighted by Gasteiger charge is 2.36. The predicted molar refractivity (Wildman–Crippen MR) is 193 cm³/mol. The Morgan fingerprint density at radius 2 is 1.67 bits per heavy atom. The zero-order valence-electron chi connectivity index (χ0n) is 28.4. The number of nitrogens with one attached hydrogen (secondary N) is 6. The van der Waals surface area contributed by atoms with Gasteiger partial charge in [0.25, 0.3) is 0 Å². The van der Waals surface area contributed by atoms with Crippen molar-refractivity contribution in [1.82, 2.24) is 36.5 Å². The molecule has 20 heteroatoms. The number of benzene rings is 1. The fourth-order valence-corrected chi connectivity index (χ4v) is 6.24. The number of aromatic nitrogens is 1. The molecule has 0 saturated carbocycles. The van der Waals surface area contributed by atoms with Gasteiger partial charge >= 0.3 is 11.9 Å². The number of likely N-dealkylation sites (tertiary alicyclic amines) is 1. The fraction of sp³-hybridized carbons (Fsp3) is 0.500. The summed E-state index contributed by atoms with van der Waals surface area (Å²) in [6.45, 7) is -0.879. The number of thioether (sulfide) groups is 1. The normalized spacial score (nSPS) is 16.2. The number of amides is 6. The number of carboxylic acids is 2. The Morgan fingerprint density at radius 3 is 2.35 bits per heavy atom. The minimum absolute atomic E-state index is 0.0165. The van der Waals surface area contributed by atoms with Crippen LogP contribution in [0, 0.1) is 0 Å². The van der Waals surface area contributed by atoms with Gasteiger partial charge in [-0.15, -0.1) is 0 Å². The van der Waals surface area contributed by atoms with E-state index in [-0.39, 0.29) is 25.1 Å². The molecule has 0 radical (unpaired) electrons. The van der Waals surface area contributed by atoms with Gasteiger partial charge in [-0.3, -0.25) is 33.6 Å². The average Bonchev–Trinajstić information content (AvgIpc) is 3.77. The van der Waals surface area contributed by atoms with E-state index in [0.29, 0.717) is 24.2 Å². The SMILES string of the molecule is CSCC[C@H](NC(=O)[C@H](CS)NC(=O)CNC(=O)[C@@H](N)CC(=O)O)C(=O)NCC(=O)N1CCC[C@H]1C(=O)N[C@@H](Cc1c[nH]c2ccccc12)C(=O)O. The first-order valence-electron chi connectivity index (χ1n) is 16.4. The summed E-state index contributed by atoms with van der Waals surface area (Å²) in [7, 11) is 0. The van der Waals surface area contributed by atoms with E-state index in [2.05, 4.69) is 44.2 Å². The summed E-state index contributed by atoms with van der Waals surface area (Å²) in [5.74, 6) is -6.58. The van der Waals surface area contributed by atoms with E-state index in [0.717, 1.165) is 10.9 Å². The molecule has 6 amide bonds. The van der Waals surface area contributed by atoms with Crippen LogP contribution < -0.4 is 32.3 Å². The molecule has 52 heavy (non-hydrogen) atoms. The van der Waals surface area contributed by atoms with Gasteiger partial charge in [0.15, 0.2) is 0 Å². The number of aliphatic carboxylic acids is 2. The minimum atomic E-state index is -1.38. The molecule has 5 atom stereocenters. The summed E-state index contributed by atoms with van der Waals surface area (Å²) in [5.41, 5.74) is 7.00. The lowest BCUT2D eigenvalue weighted by atomic mass is 10.0. The Labute approximate surface area is 308 Å². The zero-order chi connectivity index (χ0) is 38.4. The number of nitrogens with two attached hydrogens (primary N) is 1. The largest absolute Gasteiger partial charge is 0.481 e. The Hall–Kier alpha value is -4.82. The molecule has 0 aliphatic carbocycles. The molecule has 3 rings (SSSR count). The van der Waals surface area contributed by atoms with Gasteiger partial charge in [0.05, 0.1) is 25.6 Å². The number of hydrogen-bond donors (Lipinski definition) is 10. The van der Waals surface area contributed by atoms with Gasteiger partial charge in [0.1, 0.15) is 24.2 Å². The van der Waals surface area contributed by atoms with E-state index in [9.17, 15) is 43.5 Å². The number of fused-ring (bicyclic) bond motifs is 1. The van der Waals surface area contributed by atoms with Crippen LogP contribution in [0.5, 0.6) is 0 Å². The summed E-state index contributed by atoms with van der Waals surface area (Å²) >= 11 is 5.50. The van der Waals surface area contributed by atoms with Gasteiger partial charge in [-0.1, -0.05) is 18.2 Å². The lowest BCUT2D eigenvalue weighted by molar-refractivity contribution is -0.144. The molecular formula is C32H44N8O10S2. The molecule has 1 aromatic heterocycles. The number of H-pyrrole nitrogens is 1. The van der Waals surface area contributed by atoms with Gasteiger partial charge in [0.2, 0.25) is 35.4 Å². The molecule has 1 aliphatic heterocycles. The first-order valence-corrected chi connectivity index (χ1v) is 18.4. The zero-order valence-corrected chi connectivity index (χ0v) is 30.1. The molecule has 0 unspecified atom stereocenters. The molecule has 10 N–H and O–H groups in total. The highest BCUT2D eigenvalue weighted by Crippen LogP contribution is 2.21. The standard InChI is InChI=1S/C32H44N8O10S2/c1-52-10-8-21(38-30(47)23(16-51)37-25(41)14-35-28(45)19(33)12-27(43)44)29(46)36-15-26(42)40-9-4-7-24(40)31(48)39-22(32(49)50)11-17-13-34-20-6-3-2-5-18(17)20/h2-3,5-6,13,19,21-24,34,51H,4,7-12,14-16,33H2,1H3,(H,35,45)(H,36,46)(H,37,41)(H,38,47)(H,39,48)(H,43,44)(H,49,50)/t19-,21-,22-,23-,24-/m0/s1. The highest BCUT2D eigenvalue weighted by molar-refractivity contribution is 7.98. The summed E-state index contributed by atoms with van der Waals surface area (Å²) in [6, 6.07) is 1.45. The third-order valence-electron chi connectivity index (χ3n) is 8.24. The van der Waals surface area contributed by atoms with Crippen LogP contribution in [0.2, 0.25) is 0 Å². The smallest absolute Gasteiger partial charge is 0.326 e. The molecular weight excluding hydrogens is 721 g/mol. The average molecular weight is 765 g/mol. The molecule has 1 fully saturated rings. The van der Waals surface area contributed by atoms with Gasteiger partial charge in [-0.05, 0) is 42.9 Å². The van der Waals surface area contributed by atoms with E-state index >= 15 is 0 Å². The van der Waals surface area contributed by atoms with Crippen molar-refractivity contribution in [1.29, 1.82) is 0 Å². The number of hydrogen-bond acceptors (Lipinski definition) is 11. The maximum Gasteiger partial charge on any atom is 0.326 e. The molecule has 0 bridgehead atoms. The Kier molecular flexibility index (Phi) is 16.2. The van der Waals surface area contributed by atoms with Crippen molar-refractivity contribution in [3.05, 3.63) is 36.0 Å². The second-order valence-electron chi connectivity index (χ2n) is 12.0. The van der Waals surface area contributed by atoms with Gasteiger partial charge in [-0.25, -0.2) is 4.79 Å². The molecule has 0 spiro atoms. The van der Waals surface area contributed by atoms with Crippen LogP contribution in [0.3, 0.4) is 0 Å². The van der Waals surface area contributed by atoms with E-state index in [4.69, 9.17) is 10.8 Å². The maximum atomic E-state index is 13.3. The van der Waals surface area contributed by atoms with Crippen LogP contribution in [0.25, 0.3) is 10.9 Å². The van der Waals surface area contributed by atoms with Crippen LogP contribution in [0.15, 0.2) is 30.5 Å². The molecule has 2 aromatic rings. The molecule has 1 saturated heterocycles. The number of thiol groups is 1. The van der Waals surface area contributed by atoms with Crippen molar-refractivity contribution in [2.45, 2.75) is 62.3 Å². The monoisotopic (exact) mass is 764 g/mol. The minimum Gasteiger partial charge on any atom is -0.481 e. The maximum absolute atomic E-state index is 13.3. The highest BCUT2D eigenvalue weighted by atomic mass is 32.2. The third kappa shape index (κ3) is 12.2. The quantitative estimate of drug-likeness (QED) is 0.0653. The van der Waals surface area contributed by atoms with E-state index < -0.39 is 97.1 Å². The lowest BCUT2D eigenvalue weighted by Crippen LogP contribution is -2.57. The van der Waals surface area contributed by atoms with Crippen molar-refractivity contribution in [3.8, 4) is 0 Å². The molecule has 1 aromatic carbocycles. The Morgan fingerprint density at radius 1 is 0.962 bits per heavy atom. The summed E-state index contributed by atoms with van der Waals surface area (Å²) in [4.78, 5) is 104. The number of para-hydroxylation sites is 1. The number of aromatic amines is 1. The van der Waals surface area contributed by atoms with Crippen molar-refractivity contribution in [2.75, 3.05) is 37.4 Å². The second-order valence-corrected chi connectivity index (χ2v) is 13.3. The van der Waals surface area contributed by atoms with Crippen LogP contribution >= 0.6 is 24.4 Å². The number of rotatable bonds is 20. The molecule has 18 nitrogen and oxygen atoms in total. The van der Waals surface area contributed by atoms with Gasteiger partial charge < -0.3 is 52.4 Å². The third-order valence-corrected chi connectivity index (χ3v) is 9.24. The van der Waals surface area contributed by atoms with Crippen LogP contribution in [0.1, 0.15) is 31.2 Å². The van der Waals surface area contributed by atoms with Crippen molar-refractivity contribution < 1.29 is 48.6 Å². The van der Waals surface area contributed by atoms with Gasteiger partial charge in [0, 0.05) is 35.8 Å². The van der Waals surface area contributed by atoms with Crippen LogP contribution in [-0.4, -0.2) is 135 Å². The fourth-order valence-electron chi connectivity index (χ4n) is 5.51. The summed E-state index contributed by atoms with van der Waals surface area (Å²) in [6.07, 6.45) is 3.81. The molecule has 1 aliphatic rings. The molecule has 284 valence electrons. The number of carboxylic acid groups (broad SMARTS) is 2. The Bertz CT molecular complexity index is 1640. The molecule has 2 heterocycles. The Balaban J connectivity index is 1.55. The van der Waals surface area contributed by atoms with Crippen LogP contribution in [-0.2, 0) is 44.8 Å².